The van der Waals surface area contributed by atoms with Crippen LogP contribution < -0.4 is 10.6 Å². The normalized spacial score (nSPS) is 13.5. The van der Waals surface area contributed by atoms with E-state index in [0.29, 0.717) is 0 Å². The Morgan fingerprint density at radius 3 is 1.67 bits per heavy atom. The van der Waals surface area contributed by atoms with Crippen LogP contribution in [0.5, 0.6) is 5.75 Å². The standard InChI is InChI=1S/C36H45N3O7/c1-35(2,3)45-33(43)28(23-25-18-12-9-13-19-25)37-31(41)30(26-20-14-15-21-29(26)40)39(7)32(42)27(22-24-16-10-8-11-17-24)38-34(44)46-36(4,5)6/h8-21,27-28,30,40H,22-23H2,1-7H3,(H,37,41)(H,38,44). The van der Waals surface area contributed by atoms with Gasteiger partial charge in [-0.15, -0.1) is 0 Å². The van der Waals surface area contributed by atoms with E-state index in [9.17, 15) is 24.3 Å². The fraction of sp³-hybridized carbons (Fsp3) is 0.389. The molecule has 3 aromatic rings. The molecule has 3 unspecified atom stereocenters. The Morgan fingerprint density at radius 2 is 1.17 bits per heavy atom. The zero-order chi connectivity index (χ0) is 34.1. The number of para-hydroxylation sites is 1. The summed E-state index contributed by atoms with van der Waals surface area (Å²) in [6.07, 6.45) is -0.567. The van der Waals surface area contributed by atoms with Crippen molar-refractivity contribution >= 4 is 23.9 Å². The molecule has 10 heteroatoms. The van der Waals surface area contributed by atoms with Crippen LogP contribution in [0.1, 0.15) is 64.3 Å². The van der Waals surface area contributed by atoms with Gasteiger partial charge in [-0.3, -0.25) is 9.59 Å². The van der Waals surface area contributed by atoms with Crippen LogP contribution in [0.4, 0.5) is 4.79 Å². The SMILES string of the molecule is CN(C(=O)C(Cc1ccccc1)NC(=O)OC(C)(C)C)C(C(=O)NC(Cc1ccccc1)C(=O)OC(C)(C)C)c1ccccc1O. The third-order valence-corrected chi connectivity index (χ3v) is 6.78. The molecule has 46 heavy (non-hydrogen) atoms. The van der Waals surface area contributed by atoms with Gasteiger partial charge in [0.15, 0.2) is 0 Å². The predicted molar refractivity (Wildman–Crippen MR) is 175 cm³/mol. The summed E-state index contributed by atoms with van der Waals surface area (Å²) in [6, 6.07) is 20.8. The number of aromatic hydroxyl groups is 1. The minimum absolute atomic E-state index is 0.104. The molecule has 3 atom stereocenters. The molecule has 0 fully saturated rings. The number of nitrogens with one attached hydrogen (secondary N) is 2. The summed E-state index contributed by atoms with van der Waals surface area (Å²) in [5, 5.41) is 16.3. The number of hydrogen-bond donors (Lipinski definition) is 3. The lowest BCUT2D eigenvalue weighted by Crippen LogP contribution is -2.54. The van der Waals surface area contributed by atoms with Crippen LogP contribution in [0.25, 0.3) is 0 Å². The summed E-state index contributed by atoms with van der Waals surface area (Å²) in [5.74, 6) is -2.21. The van der Waals surface area contributed by atoms with Gasteiger partial charge in [0.25, 0.3) is 0 Å². The highest BCUT2D eigenvalue weighted by molar-refractivity contribution is 5.94. The number of amides is 3. The molecule has 0 saturated heterocycles. The molecule has 0 aliphatic rings. The highest BCUT2D eigenvalue weighted by Crippen LogP contribution is 2.29. The van der Waals surface area contributed by atoms with Gasteiger partial charge in [-0.2, -0.15) is 0 Å². The largest absolute Gasteiger partial charge is 0.508 e. The number of carbonyl (C=O) groups is 4. The van der Waals surface area contributed by atoms with E-state index in [1.165, 1.54) is 19.2 Å². The zero-order valence-electron chi connectivity index (χ0n) is 27.6. The van der Waals surface area contributed by atoms with Crippen LogP contribution >= 0.6 is 0 Å². The number of hydrogen-bond acceptors (Lipinski definition) is 7. The first-order chi connectivity index (χ1) is 21.5. The lowest BCUT2D eigenvalue weighted by Gasteiger charge is -2.33. The monoisotopic (exact) mass is 631 g/mol. The third kappa shape index (κ3) is 10.9. The number of phenolic OH excluding ortho intramolecular Hbond substituents is 1. The fourth-order valence-electron chi connectivity index (χ4n) is 4.78. The maximum Gasteiger partial charge on any atom is 0.408 e. The number of nitrogens with zero attached hydrogens (tertiary/aromatic N) is 1. The Hall–Kier alpha value is -4.86. The molecule has 3 amide bonds. The molecule has 0 saturated carbocycles. The molecule has 10 nitrogen and oxygen atoms in total. The van der Waals surface area contributed by atoms with Gasteiger partial charge in [0, 0.05) is 25.5 Å². The molecule has 0 aliphatic heterocycles. The van der Waals surface area contributed by atoms with Crippen molar-refractivity contribution in [3.05, 3.63) is 102 Å². The molecule has 0 aliphatic carbocycles. The number of carbonyl (C=O) groups excluding carboxylic acids is 4. The van der Waals surface area contributed by atoms with Gasteiger partial charge in [0.05, 0.1) is 0 Å². The first-order valence-corrected chi connectivity index (χ1v) is 15.2. The van der Waals surface area contributed by atoms with Gasteiger partial charge in [-0.25, -0.2) is 9.59 Å². The van der Waals surface area contributed by atoms with Crippen LogP contribution in [0, 0.1) is 0 Å². The average Bonchev–Trinajstić information content (AvgIpc) is 2.96. The van der Waals surface area contributed by atoms with E-state index in [0.717, 1.165) is 16.0 Å². The van der Waals surface area contributed by atoms with Gasteiger partial charge in [0.1, 0.15) is 35.1 Å². The van der Waals surface area contributed by atoms with Crippen LogP contribution in [0.2, 0.25) is 0 Å². The summed E-state index contributed by atoms with van der Waals surface area (Å²) in [6.45, 7) is 10.3. The summed E-state index contributed by atoms with van der Waals surface area (Å²) in [7, 11) is 1.41. The predicted octanol–water partition coefficient (Wildman–Crippen LogP) is 5.10. The van der Waals surface area contributed by atoms with Gasteiger partial charge in [-0.05, 0) is 58.7 Å². The molecule has 3 N–H and O–H groups in total. The molecule has 0 aromatic heterocycles. The van der Waals surface area contributed by atoms with E-state index in [4.69, 9.17) is 9.47 Å². The van der Waals surface area contributed by atoms with E-state index in [1.54, 1.807) is 53.7 Å². The molecular weight excluding hydrogens is 586 g/mol. The molecule has 0 bridgehead atoms. The zero-order valence-corrected chi connectivity index (χ0v) is 27.6. The quantitative estimate of drug-likeness (QED) is 0.251. The Bertz CT molecular complexity index is 1480. The summed E-state index contributed by atoms with van der Waals surface area (Å²) in [4.78, 5) is 55.7. The Kier molecular flexibility index (Phi) is 11.9. The average molecular weight is 632 g/mol. The summed E-state index contributed by atoms with van der Waals surface area (Å²) in [5.41, 5.74) is 0.0467. The molecular formula is C36H45N3O7. The van der Waals surface area contributed by atoms with Gasteiger partial charge in [0.2, 0.25) is 11.8 Å². The van der Waals surface area contributed by atoms with Crippen molar-refractivity contribution in [3.63, 3.8) is 0 Å². The number of esters is 1. The lowest BCUT2D eigenvalue weighted by atomic mass is 9.99. The Labute approximate surface area is 271 Å². The molecule has 3 rings (SSSR count). The summed E-state index contributed by atoms with van der Waals surface area (Å²) >= 11 is 0. The maximum absolute atomic E-state index is 14.2. The molecule has 3 aromatic carbocycles. The Balaban J connectivity index is 2.00. The van der Waals surface area contributed by atoms with E-state index in [2.05, 4.69) is 10.6 Å². The number of likely N-dealkylation sites (N-methyl/N-ethyl adjacent to an activating group) is 1. The fourth-order valence-corrected chi connectivity index (χ4v) is 4.78. The molecule has 246 valence electrons. The van der Waals surface area contributed by atoms with E-state index in [1.807, 2.05) is 60.7 Å². The van der Waals surface area contributed by atoms with E-state index in [-0.39, 0.29) is 24.2 Å². The number of phenols is 1. The number of rotatable bonds is 11. The van der Waals surface area contributed by atoms with Crippen molar-refractivity contribution < 1.29 is 33.8 Å². The van der Waals surface area contributed by atoms with Gasteiger partial charge < -0.3 is 30.1 Å². The van der Waals surface area contributed by atoms with Crippen LogP contribution in [0.15, 0.2) is 84.9 Å². The van der Waals surface area contributed by atoms with Crippen LogP contribution in [-0.2, 0) is 36.7 Å². The highest BCUT2D eigenvalue weighted by atomic mass is 16.6. The second-order valence-corrected chi connectivity index (χ2v) is 13.1. The van der Waals surface area contributed by atoms with Gasteiger partial charge in [-0.1, -0.05) is 78.9 Å². The molecule has 0 radical (unpaired) electrons. The van der Waals surface area contributed by atoms with Crippen molar-refractivity contribution in [1.82, 2.24) is 15.5 Å². The van der Waals surface area contributed by atoms with E-state index < -0.39 is 53.2 Å². The van der Waals surface area contributed by atoms with Crippen molar-refractivity contribution in [3.8, 4) is 5.75 Å². The highest BCUT2D eigenvalue weighted by Gasteiger charge is 2.37. The lowest BCUT2D eigenvalue weighted by molar-refractivity contribution is -0.159. The van der Waals surface area contributed by atoms with Crippen molar-refractivity contribution in [2.45, 2.75) is 83.7 Å². The topological polar surface area (TPSA) is 134 Å². The third-order valence-electron chi connectivity index (χ3n) is 6.78. The number of ether oxygens (including phenoxy) is 2. The van der Waals surface area contributed by atoms with Crippen molar-refractivity contribution in [2.75, 3.05) is 7.05 Å². The second-order valence-electron chi connectivity index (χ2n) is 13.1. The molecule has 0 spiro atoms. The summed E-state index contributed by atoms with van der Waals surface area (Å²) < 4.78 is 11.1. The number of benzene rings is 3. The van der Waals surface area contributed by atoms with Crippen LogP contribution in [-0.4, -0.2) is 64.2 Å². The first-order valence-electron chi connectivity index (χ1n) is 15.2. The van der Waals surface area contributed by atoms with Crippen molar-refractivity contribution in [1.29, 1.82) is 0 Å². The van der Waals surface area contributed by atoms with E-state index >= 15 is 0 Å². The smallest absolute Gasteiger partial charge is 0.408 e. The van der Waals surface area contributed by atoms with Gasteiger partial charge >= 0.3 is 12.1 Å². The number of alkyl carbamates (subject to hydrolysis) is 1. The Morgan fingerprint density at radius 1 is 0.696 bits per heavy atom. The molecule has 0 heterocycles. The maximum atomic E-state index is 14.2. The first kappa shape index (κ1) is 35.6. The second kappa shape index (κ2) is 15.4. The van der Waals surface area contributed by atoms with Crippen LogP contribution in [0.3, 0.4) is 0 Å². The minimum Gasteiger partial charge on any atom is -0.508 e. The minimum atomic E-state index is -1.38. The van der Waals surface area contributed by atoms with Crippen molar-refractivity contribution in [2.24, 2.45) is 0 Å².